The number of rotatable bonds is 8. The molecule has 1 rings (SSSR count). The van der Waals surface area contributed by atoms with E-state index in [1.54, 1.807) is 0 Å². The van der Waals surface area contributed by atoms with Gasteiger partial charge in [-0.1, -0.05) is 74.6 Å². The normalized spacial score (nSPS) is 14.8. The summed E-state index contributed by atoms with van der Waals surface area (Å²) < 4.78 is 0. The van der Waals surface area contributed by atoms with Crippen LogP contribution in [-0.4, -0.2) is 18.5 Å². The number of unbranched alkanes of at least 4 members (excludes halogenated alkanes) is 1. The second-order valence-corrected chi connectivity index (χ2v) is 5.78. The first-order chi connectivity index (χ1) is 10.00. The first-order valence-corrected chi connectivity index (χ1v) is 7.74. The minimum Gasteiger partial charge on any atom is -0.293 e. The average molecular weight is 283 g/mol. The van der Waals surface area contributed by atoms with Crippen LogP contribution < -0.4 is 0 Å². The number of hydrogen-bond donors (Lipinski definition) is 0. The van der Waals surface area contributed by atoms with Gasteiger partial charge < -0.3 is 0 Å². The summed E-state index contributed by atoms with van der Waals surface area (Å²) in [5, 5.41) is 0. The van der Waals surface area contributed by atoms with E-state index in [9.17, 15) is 0 Å². The van der Waals surface area contributed by atoms with Crippen LogP contribution in [0.4, 0.5) is 0 Å². The molecule has 0 saturated heterocycles. The van der Waals surface area contributed by atoms with E-state index in [0.717, 1.165) is 6.54 Å². The maximum absolute atomic E-state index is 4.01. The molecular weight excluding hydrogens is 254 g/mol. The molecule has 0 aliphatic rings. The summed E-state index contributed by atoms with van der Waals surface area (Å²) in [6.45, 7) is 15.5. The molecule has 1 unspecified atom stereocenters. The molecule has 114 valence electrons. The van der Waals surface area contributed by atoms with Crippen LogP contribution in [0.25, 0.3) is 0 Å². The van der Waals surface area contributed by atoms with Gasteiger partial charge in [0.05, 0.1) is 5.54 Å². The summed E-state index contributed by atoms with van der Waals surface area (Å²) in [4.78, 5) is 2.41. The van der Waals surface area contributed by atoms with Gasteiger partial charge in [0.25, 0.3) is 0 Å². The van der Waals surface area contributed by atoms with Crippen molar-refractivity contribution in [3.63, 3.8) is 0 Å². The van der Waals surface area contributed by atoms with Gasteiger partial charge in [-0.25, -0.2) is 0 Å². The molecule has 1 aromatic carbocycles. The Morgan fingerprint density at radius 2 is 1.86 bits per heavy atom. The van der Waals surface area contributed by atoms with Gasteiger partial charge in [0.2, 0.25) is 0 Å². The first kappa shape index (κ1) is 17.5. The Balaban J connectivity index is 3.33. The monoisotopic (exact) mass is 283 g/mol. The highest BCUT2D eigenvalue weighted by atomic mass is 15.2. The molecule has 0 heterocycles. The molecule has 0 aliphatic carbocycles. The molecule has 1 heteroatoms. The van der Waals surface area contributed by atoms with Crippen molar-refractivity contribution >= 4 is 0 Å². The number of aryl methyl sites for hydroxylation is 1. The highest BCUT2D eigenvalue weighted by Gasteiger charge is 2.33. The SMILES string of the molecule is C=C/C=C(\C=C)C(C)(c1ccc(C)cc1)N(C)CCCC. The lowest BCUT2D eigenvalue weighted by atomic mass is 9.82. The number of nitrogens with zero attached hydrogens (tertiary/aromatic N) is 1. The zero-order valence-electron chi connectivity index (χ0n) is 14.0. The molecule has 0 N–H and O–H groups in total. The highest BCUT2D eigenvalue weighted by molar-refractivity contribution is 5.42. The van der Waals surface area contributed by atoms with Crippen LogP contribution in [0.3, 0.4) is 0 Å². The van der Waals surface area contributed by atoms with Crippen molar-refractivity contribution in [2.75, 3.05) is 13.6 Å². The topological polar surface area (TPSA) is 3.24 Å². The van der Waals surface area contributed by atoms with Crippen molar-refractivity contribution in [1.29, 1.82) is 0 Å². The third-order valence-corrected chi connectivity index (χ3v) is 4.30. The molecule has 0 aromatic heterocycles. The smallest absolute Gasteiger partial charge is 0.0684 e. The van der Waals surface area contributed by atoms with Crippen molar-refractivity contribution in [2.45, 2.75) is 39.2 Å². The van der Waals surface area contributed by atoms with E-state index >= 15 is 0 Å². The lowest BCUT2D eigenvalue weighted by Gasteiger charge is -2.41. The van der Waals surface area contributed by atoms with Crippen molar-refractivity contribution in [1.82, 2.24) is 4.90 Å². The van der Waals surface area contributed by atoms with Crippen LogP contribution >= 0.6 is 0 Å². The molecule has 0 bridgehead atoms. The van der Waals surface area contributed by atoms with Gasteiger partial charge in [-0.05, 0) is 45.0 Å². The fourth-order valence-electron chi connectivity index (χ4n) is 2.66. The Morgan fingerprint density at radius 3 is 2.33 bits per heavy atom. The van der Waals surface area contributed by atoms with Gasteiger partial charge in [-0.15, -0.1) is 0 Å². The van der Waals surface area contributed by atoms with Crippen molar-refractivity contribution in [2.24, 2.45) is 0 Å². The van der Waals surface area contributed by atoms with Crippen LogP contribution in [-0.2, 0) is 5.54 Å². The fourth-order valence-corrected chi connectivity index (χ4v) is 2.66. The summed E-state index contributed by atoms with van der Waals surface area (Å²) in [6.07, 6.45) is 8.25. The average Bonchev–Trinajstić information content (AvgIpc) is 2.50. The van der Waals surface area contributed by atoms with Crippen LogP contribution in [0.1, 0.15) is 37.8 Å². The summed E-state index contributed by atoms with van der Waals surface area (Å²) in [7, 11) is 2.19. The number of hydrogen-bond acceptors (Lipinski definition) is 1. The Hall–Kier alpha value is -1.60. The minimum atomic E-state index is -0.182. The third kappa shape index (κ3) is 3.95. The Morgan fingerprint density at radius 1 is 1.24 bits per heavy atom. The second-order valence-electron chi connectivity index (χ2n) is 5.78. The van der Waals surface area contributed by atoms with Gasteiger partial charge in [0.15, 0.2) is 0 Å². The highest BCUT2D eigenvalue weighted by Crippen LogP contribution is 2.36. The Kier molecular flexibility index (Phi) is 6.64. The molecule has 1 aromatic rings. The van der Waals surface area contributed by atoms with Gasteiger partial charge in [-0.2, -0.15) is 0 Å². The van der Waals surface area contributed by atoms with Crippen LogP contribution in [0.5, 0.6) is 0 Å². The third-order valence-electron chi connectivity index (χ3n) is 4.30. The number of benzene rings is 1. The van der Waals surface area contributed by atoms with Crippen molar-refractivity contribution in [3.05, 3.63) is 72.4 Å². The van der Waals surface area contributed by atoms with Gasteiger partial charge >= 0.3 is 0 Å². The molecular formula is C20H29N. The number of likely N-dealkylation sites (N-methyl/N-ethyl adjacent to an activating group) is 1. The summed E-state index contributed by atoms with van der Waals surface area (Å²) >= 11 is 0. The molecule has 0 spiro atoms. The molecule has 0 fully saturated rings. The molecule has 0 aliphatic heterocycles. The molecule has 21 heavy (non-hydrogen) atoms. The van der Waals surface area contributed by atoms with Crippen LogP contribution in [0.15, 0.2) is 61.2 Å². The van der Waals surface area contributed by atoms with E-state index < -0.39 is 0 Å². The lowest BCUT2D eigenvalue weighted by molar-refractivity contribution is 0.175. The van der Waals surface area contributed by atoms with Crippen molar-refractivity contribution in [3.8, 4) is 0 Å². The molecule has 1 atom stereocenters. The van der Waals surface area contributed by atoms with Crippen LogP contribution in [0.2, 0.25) is 0 Å². The lowest BCUT2D eigenvalue weighted by Crippen LogP contribution is -2.43. The predicted octanol–water partition coefficient (Wildman–Crippen LogP) is 5.24. The maximum atomic E-state index is 4.01. The Bertz CT molecular complexity index is 495. The van der Waals surface area contributed by atoms with Gasteiger partial charge in [0, 0.05) is 0 Å². The molecule has 0 radical (unpaired) electrons. The summed E-state index contributed by atoms with van der Waals surface area (Å²) in [6, 6.07) is 8.79. The van der Waals surface area contributed by atoms with Gasteiger partial charge in [0.1, 0.15) is 0 Å². The maximum Gasteiger partial charge on any atom is 0.0684 e. The van der Waals surface area contributed by atoms with E-state index in [-0.39, 0.29) is 5.54 Å². The molecule has 0 saturated carbocycles. The zero-order valence-corrected chi connectivity index (χ0v) is 14.0. The zero-order chi connectivity index (χ0) is 15.9. The standard InChI is InChI=1S/C20H29N/c1-7-10-16-21(6)20(5,18(9-3)11-8-2)19-14-12-17(4)13-15-19/h8-9,11-15H,2-3,7,10,16H2,1,4-6H3/b18-11+. The van der Waals surface area contributed by atoms with Crippen LogP contribution in [0, 0.1) is 6.92 Å². The quantitative estimate of drug-likeness (QED) is 0.590. The fraction of sp³-hybridized carbons (Fsp3) is 0.400. The van der Waals surface area contributed by atoms with E-state index in [0.29, 0.717) is 0 Å². The number of allylic oxidation sites excluding steroid dienone is 2. The van der Waals surface area contributed by atoms with Crippen molar-refractivity contribution < 1.29 is 0 Å². The summed E-state index contributed by atoms with van der Waals surface area (Å²) in [5.74, 6) is 0. The Labute approximate surface area is 130 Å². The molecule has 1 nitrogen and oxygen atoms in total. The molecule has 0 amide bonds. The second kappa shape index (κ2) is 7.99. The predicted molar refractivity (Wildman–Crippen MR) is 94.5 cm³/mol. The summed E-state index contributed by atoms with van der Waals surface area (Å²) in [5.41, 5.74) is 3.57. The van der Waals surface area contributed by atoms with Gasteiger partial charge in [-0.3, -0.25) is 4.90 Å². The first-order valence-electron chi connectivity index (χ1n) is 7.74. The van der Waals surface area contributed by atoms with E-state index in [1.165, 1.54) is 29.5 Å². The van der Waals surface area contributed by atoms with E-state index in [2.05, 4.69) is 76.2 Å². The largest absolute Gasteiger partial charge is 0.293 e. The van der Waals surface area contributed by atoms with E-state index in [4.69, 9.17) is 0 Å². The minimum absolute atomic E-state index is 0.182. The van der Waals surface area contributed by atoms with E-state index in [1.807, 2.05) is 12.2 Å².